The lowest BCUT2D eigenvalue weighted by Gasteiger charge is -2.14. The Hall–Kier alpha value is -2.58. The van der Waals surface area contributed by atoms with Crippen LogP contribution in [0.15, 0.2) is 6.20 Å². The molecule has 0 saturated carbocycles. The van der Waals surface area contributed by atoms with E-state index in [1.54, 1.807) is 27.0 Å². The number of carbonyl (C=O) groups excluding carboxylic acids is 4. The summed E-state index contributed by atoms with van der Waals surface area (Å²) in [5.41, 5.74) is 0.591. The molecule has 0 fully saturated rings. The fourth-order valence-electron chi connectivity index (χ4n) is 2.38. The van der Waals surface area contributed by atoms with Crippen LogP contribution >= 0.6 is 0 Å². The smallest absolute Gasteiger partial charge is 0.220 e. The first-order valence-electron chi connectivity index (χ1n) is 8.59. The Labute approximate surface area is 152 Å². The Morgan fingerprint density at radius 1 is 1.12 bits per heavy atom. The molecule has 0 bridgehead atoms. The number of rotatable bonds is 10. The van der Waals surface area contributed by atoms with Crippen LogP contribution in [-0.4, -0.2) is 50.5 Å². The Bertz CT molecular complexity index is 668. The van der Waals surface area contributed by atoms with E-state index in [0.717, 1.165) is 0 Å². The molecule has 0 aliphatic heterocycles. The molecular weight excluding hydrogens is 338 g/mol. The molecule has 0 unspecified atom stereocenters. The maximum absolute atomic E-state index is 11.9. The predicted molar refractivity (Wildman–Crippen MR) is 94.1 cm³/mol. The average molecular weight is 365 g/mol. The summed E-state index contributed by atoms with van der Waals surface area (Å²) in [5.74, 6) is -0.866. The van der Waals surface area contributed by atoms with Crippen molar-refractivity contribution in [3.05, 3.63) is 11.9 Å². The molecule has 2 atom stereocenters. The number of aryl methyl sites for hydroxylation is 1. The van der Waals surface area contributed by atoms with Gasteiger partial charge in [0.05, 0.1) is 18.3 Å². The van der Waals surface area contributed by atoms with Crippen LogP contribution in [0.25, 0.3) is 0 Å². The maximum Gasteiger partial charge on any atom is 0.220 e. The van der Waals surface area contributed by atoms with Crippen molar-refractivity contribution in [2.24, 2.45) is 5.92 Å². The van der Waals surface area contributed by atoms with Gasteiger partial charge in [0.25, 0.3) is 0 Å². The van der Waals surface area contributed by atoms with Gasteiger partial charge in [0.2, 0.25) is 11.8 Å². The molecule has 1 aromatic heterocycles. The van der Waals surface area contributed by atoms with E-state index in [1.165, 1.54) is 18.5 Å². The number of Topliss-reactive ketones (excluding diaryl/α,β-unsaturated/α-hetero) is 2. The second-order valence-electron chi connectivity index (χ2n) is 6.64. The van der Waals surface area contributed by atoms with E-state index in [1.807, 2.05) is 0 Å². The van der Waals surface area contributed by atoms with Gasteiger partial charge in [-0.3, -0.25) is 19.2 Å². The van der Waals surface area contributed by atoms with Crippen LogP contribution in [0.5, 0.6) is 0 Å². The minimum Gasteiger partial charge on any atom is -0.347 e. The summed E-state index contributed by atoms with van der Waals surface area (Å²) in [6.07, 6.45) is 2.17. The molecule has 26 heavy (non-hydrogen) atoms. The van der Waals surface area contributed by atoms with Crippen LogP contribution in [0.4, 0.5) is 0 Å². The number of hydrogen-bond acceptors (Lipinski definition) is 6. The van der Waals surface area contributed by atoms with Crippen molar-refractivity contribution in [2.75, 3.05) is 0 Å². The van der Waals surface area contributed by atoms with Gasteiger partial charge in [-0.2, -0.15) is 0 Å². The molecule has 9 heteroatoms. The second kappa shape index (κ2) is 9.79. The van der Waals surface area contributed by atoms with Crippen molar-refractivity contribution in [1.29, 1.82) is 0 Å². The van der Waals surface area contributed by atoms with E-state index in [-0.39, 0.29) is 42.3 Å². The van der Waals surface area contributed by atoms with Gasteiger partial charge >= 0.3 is 0 Å². The highest BCUT2D eigenvalue weighted by Crippen LogP contribution is 2.03. The van der Waals surface area contributed by atoms with Crippen molar-refractivity contribution in [1.82, 2.24) is 25.6 Å². The number of hydrogen-bond donors (Lipinski definition) is 2. The van der Waals surface area contributed by atoms with Gasteiger partial charge in [-0.15, -0.1) is 5.10 Å². The van der Waals surface area contributed by atoms with Gasteiger partial charge < -0.3 is 10.6 Å². The van der Waals surface area contributed by atoms with E-state index < -0.39 is 12.1 Å². The Kier molecular flexibility index (Phi) is 8.08. The van der Waals surface area contributed by atoms with E-state index in [4.69, 9.17) is 0 Å². The number of nitrogens with one attached hydrogen (secondary N) is 2. The minimum atomic E-state index is -0.673. The van der Waals surface area contributed by atoms with E-state index in [2.05, 4.69) is 20.9 Å². The van der Waals surface area contributed by atoms with Crippen LogP contribution in [0, 0.1) is 5.92 Å². The fraction of sp³-hybridized carbons (Fsp3) is 0.647. The lowest BCUT2D eigenvalue weighted by Crippen LogP contribution is -2.41. The number of ketones is 2. The number of aromatic nitrogens is 3. The molecular formula is C17H27N5O4. The predicted octanol–water partition coefficient (Wildman–Crippen LogP) is 0.0342. The molecule has 9 nitrogen and oxygen atoms in total. The minimum absolute atomic E-state index is 0.0162. The molecule has 144 valence electrons. The van der Waals surface area contributed by atoms with Crippen molar-refractivity contribution in [2.45, 2.75) is 66.1 Å². The van der Waals surface area contributed by atoms with Crippen molar-refractivity contribution < 1.29 is 19.2 Å². The molecule has 2 amide bonds. The van der Waals surface area contributed by atoms with Gasteiger partial charge in [-0.25, -0.2) is 4.68 Å². The summed E-state index contributed by atoms with van der Waals surface area (Å²) >= 11 is 0. The zero-order valence-corrected chi connectivity index (χ0v) is 15.9. The molecule has 0 radical (unpaired) electrons. The van der Waals surface area contributed by atoms with Gasteiger partial charge in [0.15, 0.2) is 11.6 Å². The molecule has 0 aliphatic rings. The third-order valence-electron chi connectivity index (χ3n) is 3.81. The number of carbonyl (C=O) groups is 4. The molecule has 1 heterocycles. The summed E-state index contributed by atoms with van der Waals surface area (Å²) in [7, 11) is 0. The van der Waals surface area contributed by atoms with Crippen LogP contribution in [0.3, 0.4) is 0 Å². The SMILES string of the molecule is CC(=O)N[C@H](Cn1cc(CCC(=O)N[C@@H](C)C(=O)C(C)C)nn1)C(C)=O. The largest absolute Gasteiger partial charge is 0.347 e. The molecule has 0 saturated heterocycles. The normalized spacial score (nSPS) is 13.2. The van der Waals surface area contributed by atoms with Gasteiger partial charge in [0, 0.05) is 31.9 Å². The highest BCUT2D eigenvalue weighted by Gasteiger charge is 2.19. The first kappa shape index (κ1) is 21.5. The first-order chi connectivity index (χ1) is 12.1. The molecule has 2 N–H and O–H groups in total. The Morgan fingerprint density at radius 3 is 2.31 bits per heavy atom. The van der Waals surface area contributed by atoms with E-state index in [9.17, 15) is 19.2 Å². The fourth-order valence-corrected chi connectivity index (χ4v) is 2.38. The summed E-state index contributed by atoms with van der Waals surface area (Å²) in [6, 6.07) is -1.19. The van der Waals surface area contributed by atoms with Crippen LogP contribution < -0.4 is 10.6 Å². The Morgan fingerprint density at radius 2 is 1.77 bits per heavy atom. The zero-order valence-electron chi connectivity index (χ0n) is 15.9. The van der Waals surface area contributed by atoms with Gasteiger partial charge in [-0.05, 0) is 13.8 Å². The van der Waals surface area contributed by atoms with Crippen LogP contribution in [0.2, 0.25) is 0 Å². The highest BCUT2D eigenvalue weighted by molar-refractivity contribution is 5.89. The summed E-state index contributed by atoms with van der Waals surface area (Å²) in [4.78, 5) is 46.4. The summed E-state index contributed by atoms with van der Waals surface area (Å²) in [6.45, 7) is 8.15. The summed E-state index contributed by atoms with van der Waals surface area (Å²) in [5, 5.41) is 13.1. The maximum atomic E-state index is 11.9. The van der Waals surface area contributed by atoms with Crippen LogP contribution in [-0.2, 0) is 32.1 Å². The molecule has 0 aliphatic carbocycles. The Balaban J connectivity index is 2.53. The van der Waals surface area contributed by atoms with E-state index >= 15 is 0 Å². The van der Waals surface area contributed by atoms with Crippen molar-refractivity contribution in [3.8, 4) is 0 Å². The lowest BCUT2D eigenvalue weighted by molar-refractivity contribution is -0.129. The number of amides is 2. The third-order valence-corrected chi connectivity index (χ3v) is 3.81. The second-order valence-corrected chi connectivity index (χ2v) is 6.64. The van der Waals surface area contributed by atoms with Gasteiger partial charge in [-0.1, -0.05) is 19.1 Å². The van der Waals surface area contributed by atoms with E-state index in [0.29, 0.717) is 12.1 Å². The average Bonchev–Trinajstić information content (AvgIpc) is 2.98. The topological polar surface area (TPSA) is 123 Å². The monoisotopic (exact) mass is 365 g/mol. The number of nitrogens with zero attached hydrogens (tertiary/aromatic N) is 3. The molecule has 1 rings (SSSR count). The zero-order chi connectivity index (χ0) is 19.9. The summed E-state index contributed by atoms with van der Waals surface area (Å²) < 4.78 is 1.46. The molecule has 1 aromatic rings. The molecule has 0 aromatic carbocycles. The molecule has 0 spiro atoms. The highest BCUT2D eigenvalue weighted by atomic mass is 16.2. The first-order valence-corrected chi connectivity index (χ1v) is 8.59. The lowest BCUT2D eigenvalue weighted by atomic mass is 10.0. The van der Waals surface area contributed by atoms with Crippen molar-refractivity contribution >= 4 is 23.4 Å². The quantitative estimate of drug-likeness (QED) is 0.603. The third kappa shape index (κ3) is 7.12. The van der Waals surface area contributed by atoms with Gasteiger partial charge in [0.1, 0.15) is 6.04 Å². The van der Waals surface area contributed by atoms with Crippen LogP contribution in [0.1, 0.15) is 46.7 Å². The standard InChI is InChI=1S/C17H27N5O4/c1-10(2)17(26)11(3)18-16(25)7-6-14-8-22(21-20-14)9-15(12(4)23)19-13(5)24/h8,10-11,15H,6-7,9H2,1-5H3,(H,18,25)(H,19,24)/t11-,15+/m0/s1. The van der Waals surface area contributed by atoms with Crippen molar-refractivity contribution in [3.63, 3.8) is 0 Å².